The van der Waals surface area contributed by atoms with Gasteiger partial charge in [0.1, 0.15) is 5.76 Å². The molecule has 2 aromatic heterocycles. The lowest BCUT2D eigenvalue weighted by Crippen LogP contribution is -2.26. The lowest BCUT2D eigenvalue weighted by atomic mass is 9.82. The summed E-state index contributed by atoms with van der Waals surface area (Å²) in [6.45, 7) is 14.4. The fourth-order valence-corrected chi connectivity index (χ4v) is 4.18. The van der Waals surface area contributed by atoms with Crippen molar-refractivity contribution >= 4 is 35.0 Å². The van der Waals surface area contributed by atoms with Gasteiger partial charge in [-0.15, -0.1) is 0 Å². The van der Waals surface area contributed by atoms with Crippen LogP contribution in [0.1, 0.15) is 74.8 Å². The van der Waals surface area contributed by atoms with Crippen molar-refractivity contribution in [2.45, 2.75) is 59.9 Å². The number of phenolic OH excluding ortho intramolecular Hbond substituents is 1. The number of carbonyl (C=O) groups is 1. The first-order chi connectivity index (χ1) is 15.7. The van der Waals surface area contributed by atoms with E-state index in [0.29, 0.717) is 17.3 Å². The van der Waals surface area contributed by atoms with E-state index in [-0.39, 0.29) is 34.1 Å². The van der Waals surface area contributed by atoms with Gasteiger partial charge in [0.25, 0.3) is 5.91 Å². The number of nitrogens with one attached hydrogen (secondary N) is 2. The molecule has 1 aromatic carbocycles. The van der Waals surface area contributed by atoms with Crippen molar-refractivity contribution in [1.82, 2.24) is 13.6 Å². The molecule has 0 unspecified atom stereocenters. The van der Waals surface area contributed by atoms with E-state index in [9.17, 15) is 9.90 Å². The second-order valence-electron chi connectivity index (χ2n) is 10.9. The van der Waals surface area contributed by atoms with Gasteiger partial charge >= 0.3 is 0 Å². The van der Waals surface area contributed by atoms with Crippen LogP contribution in [0.4, 0.5) is 17.3 Å². The molecule has 3 rings (SSSR count). The molecule has 2 heterocycles. The van der Waals surface area contributed by atoms with Crippen LogP contribution in [-0.2, 0) is 5.41 Å². The van der Waals surface area contributed by atoms with Crippen molar-refractivity contribution in [3.63, 3.8) is 0 Å². The second kappa shape index (κ2) is 9.29. The topological polar surface area (TPSA) is 104 Å². The molecule has 9 heteroatoms. The summed E-state index contributed by atoms with van der Waals surface area (Å²) < 4.78 is 14.6. The second-order valence-corrected chi connectivity index (χ2v) is 11.4. The molecule has 0 bridgehead atoms. The Morgan fingerprint density at radius 2 is 1.76 bits per heavy atom. The molecule has 34 heavy (non-hydrogen) atoms. The lowest BCUT2D eigenvalue weighted by Gasteiger charge is -2.30. The molecule has 0 aliphatic rings. The molecular weight excluding hydrogens is 450 g/mol. The van der Waals surface area contributed by atoms with Crippen molar-refractivity contribution in [1.29, 1.82) is 0 Å². The molecule has 184 valence electrons. The Hall–Kier alpha value is -3.07. The first-order valence-electron chi connectivity index (χ1n) is 11.2. The summed E-state index contributed by atoms with van der Waals surface area (Å²) in [4.78, 5) is 14.4. The van der Waals surface area contributed by atoms with E-state index in [0.717, 1.165) is 28.6 Å². The highest BCUT2D eigenvalue weighted by Crippen LogP contribution is 2.41. The van der Waals surface area contributed by atoms with Gasteiger partial charge in [0.05, 0.1) is 35.3 Å². The van der Waals surface area contributed by atoms with E-state index in [4.69, 9.17) is 4.42 Å². The van der Waals surface area contributed by atoms with Crippen molar-refractivity contribution in [2.24, 2.45) is 5.41 Å². The minimum absolute atomic E-state index is 0.112. The number of nitrogens with zero attached hydrogens (tertiary/aromatic N) is 3. The lowest BCUT2D eigenvalue weighted by molar-refractivity contribution is 0.0822. The summed E-state index contributed by atoms with van der Waals surface area (Å²) in [5, 5.41) is 17.8. The van der Waals surface area contributed by atoms with Gasteiger partial charge in [-0.1, -0.05) is 47.6 Å². The first-order valence-corrected chi connectivity index (χ1v) is 11.9. The van der Waals surface area contributed by atoms with Crippen molar-refractivity contribution in [3.8, 4) is 5.75 Å². The third-order valence-electron chi connectivity index (χ3n) is 5.53. The highest BCUT2D eigenvalue weighted by molar-refractivity contribution is 6.99. The van der Waals surface area contributed by atoms with E-state index >= 15 is 0 Å². The van der Waals surface area contributed by atoms with Crippen LogP contribution in [0.3, 0.4) is 0 Å². The predicted octanol–water partition coefficient (Wildman–Crippen LogP) is 6.09. The van der Waals surface area contributed by atoms with Gasteiger partial charge in [0.15, 0.2) is 17.4 Å². The van der Waals surface area contributed by atoms with Crippen molar-refractivity contribution in [2.75, 3.05) is 24.7 Å². The molecule has 3 N–H and O–H groups in total. The predicted molar refractivity (Wildman–Crippen MR) is 137 cm³/mol. The minimum atomic E-state index is -0.326. The molecule has 0 spiro atoms. The third-order valence-corrected chi connectivity index (χ3v) is 6.06. The molecule has 3 aromatic rings. The first kappa shape index (κ1) is 25.6. The summed E-state index contributed by atoms with van der Waals surface area (Å²) in [6.07, 6.45) is 1.73. The molecular formula is C25H35N5O3S. The minimum Gasteiger partial charge on any atom is -0.505 e. The maximum atomic E-state index is 13.0. The van der Waals surface area contributed by atoms with Gasteiger partial charge in [-0.2, -0.15) is 8.75 Å². The van der Waals surface area contributed by atoms with Crippen LogP contribution in [-0.4, -0.2) is 38.8 Å². The van der Waals surface area contributed by atoms with Crippen molar-refractivity contribution < 1.29 is 14.3 Å². The fourth-order valence-electron chi connectivity index (χ4n) is 3.71. The fraction of sp³-hybridized carbons (Fsp3) is 0.480. The molecule has 1 amide bonds. The summed E-state index contributed by atoms with van der Waals surface area (Å²) in [5.74, 6) is 1.43. The summed E-state index contributed by atoms with van der Waals surface area (Å²) in [6, 6.07) is 5.48. The number of hydrogen-bond acceptors (Lipinski definition) is 8. The Labute approximate surface area is 205 Å². The Morgan fingerprint density at radius 1 is 1.12 bits per heavy atom. The van der Waals surface area contributed by atoms with Crippen LogP contribution in [0, 0.1) is 12.3 Å². The number of benzene rings is 1. The van der Waals surface area contributed by atoms with Crippen LogP contribution in [0.25, 0.3) is 0 Å². The normalized spacial score (nSPS) is 13.0. The Kier molecular flexibility index (Phi) is 6.98. The quantitative estimate of drug-likeness (QED) is 0.363. The molecule has 0 aliphatic carbocycles. The van der Waals surface area contributed by atoms with Crippen LogP contribution in [0.5, 0.6) is 5.75 Å². The molecule has 0 saturated heterocycles. The number of phenols is 1. The molecule has 0 fully saturated rings. The zero-order chi connectivity index (χ0) is 25.4. The Bertz CT molecular complexity index is 1170. The van der Waals surface area contributed by atoms with Crippen molar-refractivity contribution in [3.05, 3.63) is 46.9 Å². The number of hydrogen-bond donors (Lipinski definition) is 3. The number of aromatic hydroxyl groups is 1. The maximum Gasteiger partial charge on any atom is 0.257 e. The molecule has 0 radical (unpaired) electrons. The van der Waals surface area contributed by atoms with Crippen LogP contribution >= 0.6 is 11.7 Å². The highest BCUT2D eigenvalue weighted by atomic mass is 32.1. The Morgan fingerprint density at radius 3 is 2.29 bits per heavy atom. The van der Waals surface area contributed by atoms with Crippen LogP contribution in [0.2, 0.25) is 0 Å². The summed E-state index contributed by atoms with van der Waals surface area (Å²) >= 11 is 1.05. The maximum absolute atomic E-state index is 13.0. The van der Waals surface area contributed by atoms with Gasteiger partial charge < -0.3 is 25.1 Å². The largest absolute Gasteiger partial charge is 0.505 e. The number of anilines is 3. The molecule has 8 nitrogen and oxygen atoms in total. The standard InChI is InChI=1S/C25H35N5O3S/c1-14-12-17(33-13-14)20(25(5,6)7)27-22-21(28-34-29-22)26-16-11-10-15(24(2,3)4)18(19(16)31)23(32)30(8)9/h10-13,20,31H,1-9H3,(H,26,28)(H,27,29)/t20-/m0/s1. The van der Waals surface area contributed by atoms with Gasteiger partial charge in [0.2, 0.25) is 0 Å². The van der Waals surface area contributed by atoms with E-state index in [1.807, 2.05) is 39.8 Å². The molecule has 0 saturated carbocycles. The summed E-state index contributed by atoms with van der Waals surface area (Å²) in [5.41, 5.74) is 1.97. The molecule has 1 atom stereocenters. The average molecular weight is 486 g/mol. The van der Waals surface area contributed by atoms with Gasteiger partial charge in [0, 0.05) is 14.1 Å². The van der Waals surface area contributed by atoms with Crippen LogP contribution in [0.15, 0.2) is 28.9 Å². The highest BCUT2D eigenvalue weighted by Gasteiger charge is 2.31. The smallest absolute Gasteiger partial charge is 0.257 e. The van der Waals surface area contributed by atoms with E-state index in [1.165, 1.54) is 4.90 Å². The number of amides is 1. The van der Waals surface area contributed by atoms with E-state index < -0.39 is 0 Å². The molecule has 0 aliphatic heterocycles. The number of furan rings is 1. The van der Waals surface area contributed by atoms with Gasteiger partial charge in [-0.05, 0) is 41.0 Å². The summed E-state index contributed by atoms with van der Waals surface area (Å²) in [7, 11) is 3.34. The van der Waals surface area contributed by atoms with Gasteiger partial charge in [-0.25, -0.2) is 0 Å². The zero-order valence-corrected chi connectivity index (χ0v) is 22.2. The zero-order valence-electron chi connectivity index (χ0n) is 21.4. The van der Waals surface area contributed by atoms with E-state index in [1.54, 1.807) is 26.4 Å². The number of carbonyl (C=O) groups excluding carboxylic acids is 1. The Balaban J connectivity index is 1.99. The number of rotatable bonds is 6. The van der Waals surface area contributed by atoms with Crippen LogP contribution < -0.4 is 10.6 Å². The number of aryl methyl sites for hydroxylation is 1. The average Bonchev–Trinajstić information content (AvgIpc) is 3.33. The monoisotopic (exact) mass is 485 g/mol. The number of aromatic nitrogens is 2. The van der Waals surface area contributed by atoms with Gasteiger partial charge in [-0.3, -0.25) is 4.79 Å². The SMILES string of the molecule is Cc1coc([C@H](Nc2nsnc2Nc2ccc(C(C)(C)C)c(C(=O)N(C)C)c2O)C(C)(C)C)c1. The van der Waals surface area contributed by atoms with E-state index in [2.05, 4.69) is 40.2 Å². The third kappa shape index (κ3) is 5.35.